The molecule has 0 saturated carbocycles. The Balaban J connectivity index is 3.08. The third kappa shape index (κ3) is 3.97. The van der Waals surface area contributed by atoms with Gasteiger partial charge in [-0.1, -0.05) is 12.1 Å². The van der Waals surface area contributed by atoms with Crippen LogP contribution in [0, 0.1) is 0 Å². The van der Waals surface area contributed by atoms with Crippen LogP contribution in [-0.2, 0) is 5.38 Å². The Bertz CT molecular complexity index is 346. The maximum atomic E-state index is 12.8. The Morgan fingerprint density at radius 2 is 1.53 bits per heavy atom. The zero-order chi connectivity index (χ0) is 11.7. The molecule has 15 heavy (non-hydrogen) atoms. The molecule has 0 aliphatic rings. The summed E-state index contributed by atoms with van der Waals surface area (Å²) in [6, 6.07) is 4.69. The molecule has 0 heterocycles. The molecule has 1 nitrogen and oxygen atoms in total. The second-order valence-corrected chi connectivity index (χ2v) is 4.18. The second kappa shape index (κ2) is 4.28. The van der Waals surface area contributed by atoms with E-state index in [2.05, 4.69) is 4.74 Å². The van der Waals surface area contributed by atoms with Crippen LogP contribution in [0.25, 0.3) is 0 Å². The van der Waals surface area contributed by atoms with Crippen LogP contribution in [0.4, 0.5) is 13.2 Å². The molecule has 0 aliphatic heterocycles. The minimum Gasteiger partial charge on any atom is -0.433 e. The predicted octanol–water partition coefficient (Wildman–Crippen LogP) is 4.41. The Morgan fingerprint density at radius 1 is 1.00 bits per heavy atom. The van der Waals surface area contributed by atoms with Gasteiger partial charge in [0.2, 0.25) is 0 Å². The van der Waals surface area contributed by atoms with Gasteiger partial charge in [0.05, 0.1) is 5.56 Å². The van der Waals surface area contributed by atoms with E-state index in [1.165, 1.54) is 12.1 Å². The zero-order valence-corrected chi connectivity index (χ0v) is 9.25. The third-order valence-corrected chi connectivity index (χ3v) is 1.78. The van der Waals surface area contributed by atoms with Crippen molar-refractivity contribution in [3.05, 3.63) is 29.8 Å². The van der Waals surface area contributed by atoms with Crippen LogP contribution in [0.2, 0.25) is 0 Å². The molecule has 7 heteroatoms. The summed E-state index contributed by atoms with van der Waals surface area (Å²) in [5.41, 5.74) is -0.713. The summed E-state index contributed by atoms with van der Waals surface area (Å²) in [5.74, 6) is -0.523. The Labute approximate surface area is 98.7 Å². The summed E-state index contributed by atoms with van der Waals surface area (Å²) in [7, 11) is 0. The maximum Gasteiger partial charge on any atom is 0.410 e. The molecule has 0 amide bonds. The number of hydrogen-bond donors (Lipinski definition) is 0. The smallest absolute Gasteiger partial charge is 0.410 e. The fourth-order valence-electron chi connectivity index (χ4n) is 0.915. The van der Waals surface area contributed by atoms with E-state index in [1.54, 1.807) is 0 Å². The number of benzene rings is 1. The number of hydrogen-bond acceptors (Lipinski definition) is 1. The molecule has 0 fully saturated rings. The van der Waals surface area contributed by atoms with Gasteiger partial charge in [-0.25, -0.2) is 0 Å². The third-order valence-electron chi connectivity index (χ3n) is 1.42. The van der Waals surface area contributed by atoms with Crippen molar-refractivity contribution in [1.82, 2.24) is 0 Å². The average Bonchev–Trinajstić information content (AvgIpc) is 1.99. The summed E-state index contributed by atoms with van der Waals surface area (Å²) in [4.78, 5) is 0. The van der Waals surface area contributed by atoms with E-state index >= 15 is 0 Å². The van der Waals surface area contributed by atoms with E-state index in [1.807, 2.05) is 0 Å². The first kappa shape index (κ1) is 12.7. The van der Waals surface area contributed by atoms with Gasteiger partial charge < -0.3 is 4.74 Å². The number of rotatable bonds is 3. The number of halogens is 6. The molecule has 0 bridgehead atoms. The van der Waals surface area contributed by atoms with Crippen LogP contribution in [0.15, 0.2) is 24.3 Å². The van der Waals surface area contributed by atoms with Crippen LogP contribution in [0.5, 0.6) is 5.75 Å². The van der Waals surface area contributed by atoms with Crippen molar-refractivity contribution >= 4 is 34.8 Å². The number of alkyl halides is 6. The molecule has 0 spiro atoms. The van der Waals surface area contributed by atoms with Crippen molar-refractivity contribution in [2.24, 2.45) is 0 Å². The van der Waals surface area contributed by atoms with Crippen molar-refractivity contribution < 1.29 is 17.9 Å². The number of para-hydroxylation sites is 1. The van der Waals surface area contributed by atoms with E-state index in [4.69, 9.17) is 34.8 Å². The molecule has 0 aromatic heterocycles. The highest BCUT2D eigenvalue weighted by molar-refractivity contribution is 6.46. The predicted molar refractivity (Wildman–Crippen MR) is 52.4 cm³/mol. The molecule has 84 valence electrons. The van der Waals surface area contributed by atoms with Gasteiger partial charge in [0.15, 0.2) is 0 Å². The lowest BCUT2D eigenvalue weighted by Crippen LogP contribution is -2.17. The lowest BCUT2D eigenvalue weighted by atomic mass is 10.2. The maximum absolute atomic E-state index is 12.8. The quantitative estimate of drug-likeness (QED) is 0.745. The van der Waals surface area contributed by atoms with E-state index in [0.29, 0.717) is 0 Å². The second-order valence-electron chi connectivity index (χ2n) is 2.54. The molecule has 0 radical (unpaired) electrons. The fourth-order valence-corrected chi connectivity index (χ4v) is 1.24. The first-order valence-electron chi connectivity index (χ1n) is 3.62. The normalized spacial score (nSPS) is 12.7. The summed E-state index contributed by atoms with van der Waals surface area (Å²) in [6.45, 7) is 0. The molecule has 0 aliphatic carbocycles. The lowest BCUT2D eigenvalue weighted by molar-refractivity contribution is 0.0716. The van der Waals surface area contributed by atoms with Crippen molar-refractivity contribution in [3.8, 4) is 5.75 Å². The van der Waals surface area contributed by atoms with E-state index < -0.39 is 21.5 Å². The summed E-state index contributed by atoms with van der Waals surface area (Å²) < 4.78 is 39.4. The molecule has 1 aromatic rings. The first-order valence-corrected chi connectivity index (χ1v) is 4.75. The molecule has 0 atom stereocenters. The van der Waals surface area contributed by atoms with Crippen LogP contribution >= 0.6 is 34.8 Å². The van der Waals surface area contributed by atoms with Gasteiger partial charge >= 0.3 is 10.2 Å². The van der Waals surface area contributed by atoms with E-state index in [-0.39, 0.29) is 0 Å². The molecule has 1 aromatic carbocycles. The monoisotopic (exact) mass is 278 g/mol. The molecule has 0 saturated heterocycles. The summed E-state index contributed by atoms with van der Waals surface area (Å²) in [5, 5.41) is -3.68. The topological polar surface area (TPSA) is 9.23 Å². The van der Waals surface area contributed by atoms with Crippen LogP contribution in [-0.4, -0.2) is 4.77 Å². The Morgan fingerprint density at radius 3 is 2.00 bits per heavy atom. The first-order chi connectivity index (χ1) is 6.70. The average molecular weight is 279 g/mol. The van der Waals surface area contributed by atoms with Gasteiger partial charge in [-0.05, 0) is 46.9 Å². The van der Waals surface area contributed by atoms with Crippen molar-refractivity contribution in [3.63, 3.8) is 0 Å². The summed E-state index contributed by atoms with van der Waals surface area (Å²) >= 11 is 14.5. The highest BCUT2D eigenvalue weighted by Gasteiger charge is 2.34. The van der Waals surface area contributed by atoms with Gasteiger partial charge in [0.1, 0.15) is 5.75 Å². The largest absolute Gasteiger partial charge is 0.433 e. The molecule has 0 unspecified atom stereocenters. The van der Waals surface area contributed by atoms with Gasteiger partial charge in [-0.2, -0.15) is 13.2 Å². The van der Waals surface area contributed by atoms with Crippen LogP contribution in [0.1, 0.15) is 5.56 Å². The molecular weight excluding hydrogens is 275 g/mol. The van der Waals surface area contributed by atoms with E-state index in [0.717, 1.165) is 12.1 Å². The van der Waals surface area contributed by atoms with Crippen molar-refractivity contribution in [2.75, 3.05) is 0 Å². The van der Waals surface area contributed by atoms with Gasteiger partial charge in [-0.15, -0.1) is 0 Å². The standard InChI is InChI=1S/C8H4Cl3F3O/c9-7(12,13)5-3-1-2-4-6(5)15-8(10,11)14/h1-4H. The van der Waals surface area contributed by atoms with E-state index in [9.17, 15) is 13.2 Å². The Kier molecular flexibility index (Phi) is 3.63. The molecule has 0 N–H and O–H groups in total. The van der Waals surface area contributed by atoms with Crippen LogP contribution in [0.3, 0.4) is 0 Å². The minimum absolute atomic E-state index is 0.523. The SMILES string of the molecule is FC(Cl)(Cl)Oc1ccccc1C(F)(F)Cl. The van der Waals surface area contributed by atoms with Gasteiger partial charge in [-0.3, -0.25) is 0 Å². The highest BCUT2D eigenvalue weighted by Crippen LogP contribution is 2.40. The van der Waals surface area contributed by atoms with Crippen LogP contribution < -0.4 is 4.74 Å². The zero-order valence-electron chi connectivity index (χ0n) is 6.99. The highest BCUT2D eigenvalue weighted by atomic mass is 35.5. The van der Waals surface area contributed by atoms with Gasteiger partial charge in [0, 0.05) is 0 Å². The minimum atomic E-state index is -3.68. The van der Waals surface area contributed by atoms with Crippen molar-refractivity contribution in [1.29, 1.82) is 0 Å². The lowest BCUT2D eigenvalue weighted by Gasteiger charge is -2.17. The van der Waals surface area contributed by atoms with Gasteiger partial charge in [0.25, 0.3) is 0 Å². The molecule has 1 rings (SSSR count). The number of ether oxygens (including phenoxy) is 1. The fraction of sp³-hybridized carbons (Fsp3) is 0.250. The van der Waals surface area contributed by atoms with Crippen molar-refractivity contribution in [2.45, 2.75) is 10.2 Å². The Hall–Kier alpha value is -0.320. The molecular formula is C8H4Cl3F3O. The summed E-state index contributed by atoms with van der Waals surface area (Å²) in [6.07, 6.45) is 0.